The number of amides is 3. The summed E-state index contributed by atoms with van der Waals surface area (Å²) in [4.78, 5) is 68.1. The molecule has 0 radical (unpaired) electrons. The number of carbonyl (C=O) groups excluding carboxylic acids is 3. The van der Waals surface area contributed by atoms with Gasteiger partial charge in [-0.05, 0) is 30.0 Å². The average molecular weight is 533 g/mol. The molecule has 3 amide bonds. The fraction of sp³-hybridized carbons (Fsp3) is 0.417. The molecule has 206 valence electrons. The molecule has 1 aromatic heterocycles. The summed E-state index contributed by atoms with van der Waals surface area (Å²) in [5.74, 6) is -5.72. The van der Waals surface area contributed by atoms with Crippen LogP contribution in [0.5, 0.6) is 5.75 Å². The summed E-state index contributed by atoms with van der Waals surface area (Å²) < 4.78 is 0. The standard InChI is InChI=1S/C24H32N6O8/c1-12(2)20(23(36)29-18(24(37)38)8-14-10-26-11-27-14)30-22(35)17(9-19(32)33)28-21(34)16(25)7-13-3-5-15(31)6-4-13/h3-6,10-12,16-18,20,31H,7-9,25H2,1-2H3,(H,26,27)(H,28,34)(H,29,36)(H,30,35)(H,32,33)(H,37,38). The van der Waals surface area contributed by atoms with E-state index in [1.165, 1.54) is 24.7 Å². The Bertz CT molecular complexity index is 1120. The van der Waals surface area contributed by atoms with E-state index in [2.05, 4.69) is 25.9 Å². The first-order valence-corrected chi connectivity index (χ1v) is 11.7. The fourth-order valence-electron chi connectivity index (χ4n) is 3.51. The predicted octanol–water partition coefficient (Wildman–Crippen LogP) is -1.10. The van der Waals surface area contributed by atoms with Gasteiger partial charge in [-0.1, -0.05) is 26.0 Å². The lowest BCUT2D eigenvalue weighted by Crippen LogP contribution is -2.59. The number of nitrogens with one attached hydrogen (secondary N) is 4. The molecular formula is C24H32N6O8. The monoisotopic (exact) mass is 532 g/mol. The number of hydrogen-bond acceptors (Lipinski definition) is 8. The number of imidazole rings is 1. The third-order valence-electron chi connectivity index (χ3n) is 5.58. The highest BCUT2D eigenvalue weighted by Crippen LogP contribution is 2.11. The number of nitrogens with zero attached hydrogens (tertiary/aromatic N) is 1. The van der Waals surface area contributed by atoms with Crippen molar-refractivity contribution >= 4 is 29.7 Å². The fourth-order valence-corrected chi connectivity index (χ4v) is 3.51. The number of rotatable bonds is 14. The summed E-state index contributed by atoms with van der Waals surface area (Å²) in [6.07, 6.45) is 1.96. The van der Waals surface area contributed by atoms with E-state index in [1.54, 1.807) is 26.0 Å². The summed E-state index contributed by atoms with van der Waals surface area (Å²) in [6, 6.07) is 0.716. The topological polar surface area (TPSA) is 237 Å². The summed E-state index contributed by atoms with van der Waals surface area (Å²) >= 11 is 0. The number of hydrogen-bond donors (Lipinski definition) is 8. The van der Waals surface area contributed by atoms with Gasteiger partial charge in [0.1, 0.15) is 23.9 Å². The van der Waals surface area contributed by atoms with Gasteiger partial charge in [0.15, 0.2) is 0 Å². The second kappa shape index (κ2) is 13.7. The van der Waals surface area contributed by atoms with Crippen LogP contribution in [-0.2, 0) is 36.8 Å². The van der Waals surface area contributed by atoms with Crippen LogP contribution in [0.15, 0.2) is 36.8 Å². The number of carbonyl (C=O) groups is 5. The Morgan fingerprint density at radius 3 is 2.08 bits per heavy atom. The van der Waals surface area contributed by atoms with Crippen molar-refractivity contribution in [2.24, 2.45) is 11.7 Å². The van der Waals surface area contributed by atoms with Gasteiger partial charge in [0.05, 0.1) is 18.8 Å². The number of aliphatic carboxylic acids is 2. The molecule has 0 saturated heterocycles. The highest BCUT2D eigenvalue weighted by atomic mass is 16.4. The molecule has 2 rings (SSSR count). The summed E-state index contributed by atoms with van der Waals surface area (Å²) in [5.41, 5.74) is 7.02. The molecule has 14 nitrogen and oxygen atoms in total. The third kappa shape index (κ3) is 9.20. The predicted molar refractivity (Wildman–Crippen MR) is 133 cm³/mol. The second-order valence-corrected chi connectivity index (χ2v) is 9.05. The molecule has 0 spiro atoms. The van der Waals surface area contributed by atoms with E-state index in [-0.39, 0.29) is 18.6 Å². The Kier molecular flexibility index (Phi) is 10.8. The van der Waals surface area contributed by atoms with Crippen molar-refractivity contribution in [3.8, 4) is 5.75 Å². The maximum Gasteiger partial charge on any atom is 0.326 e. The molecule has 0 aliphatic carbocycles. The zero-order valence-corrected chi connectivity index (χ0v) is 20.9. The Hall–Kier alpha value is -4.46. The lowest BCUT2D eigenvalue weighted by molar-refractivity contribution is -0.143. The van der Waals surface area contributed by atoms with E-state index >= 15 is 0 Å². The third-order valence-corrected chi connectivity index (χ3v) is 5.58. The number of aromatic nitrogens is 2. The van der Waals surface area contributed by atoms with Crippen LogP contribution >= 0.6 is 0 Å². The van der Waals surface area contributed by atoms with Crippen molar-refractivity contribution in [3.63, 3.8) is 0 Å². The minimum Gasteiger partial charge on any atom is -0.508 e. The lowest BCUT2D eigenvalue weighted by atomic mass is 10.0. The van der Waals surface area contributed by atoms with E-state index < -0.39 is 66.2 Å². The van der Waals surface area contributed by atoms with Crippen LogP contribution in [-0.4, -0.2) is 79.1 Å². The van der Waals surface area contributed by atoms with E-state index in [1.807, 2.05) is 0 Å². The lowest BCUT2D eigenvalue weighted by Gasteiger charge is -2.26. The van der Waals surface area contributed by atoms with Gasteiger partial charge in [-0.2, -0.15) is 0 Å². The van der Waals surface area contributed by atoms with Gasteiger partial charge in [-0.15, -0.1) is 0 Å². The number of carboxylic acids is 2. The first kappa shape index (κ1) is 29.8. The first-order chi connectivity index (χ1) is 17.9. The van der Waals surface area contributed by atoms with Crippen LogP contribution < -0.4 is 21.7 Å². The van der Waals surface area contributed by atoms with Gasteiger partial charge in [0, 0.05) is 18.3 Å². The van der Waals surface area contributed by atoms with Gasteiger partial charge in [0.2, 0.25) is 17.7 Å². The summed E-state index contributed by atoms with van der Waals surface area (Å²) in [6.45, 7) is 3.21. The number of nitrogens with two attached hydrogens (primary N) is 1. The number of carboxylic acid groups (broad SMARTS) is 2. The maximum atomic E-state index is 13.0. The molecule has 1 heterocycles. The molecule has 2 aromatic rings. The molecule has 0 bridgehead atoms. The van der Waals surface area contributed by atoms with Crippen molar-refractivity contribution in [2.45, 2.75) is 57.3 Å². The van der Waals surface area contributed by atoms with Crippen LogP contribution in [0.1, 0.15) is 31.5 Å². The molecule has 0 fully saturated rings. The SMILES string of the molecule is CC(C)C(NC(=O)C(CC(=O)O)NC(=O)C(N)Cc1ccc(O)cc1)C(=O)NC(Cc1cnc[nH]1)C(=O)O. The van der Waals surface area contributed by atoms with E-state index in [0.29, 0.717) is 11.3 Å². The minimum absolute atomic E-state index is 0.0321. The Morgan fingerprint density at radius 1 is 0.921 bits per heavy atom. The largest absolute Gasteiger partial charge is 0.508 e. The van der Waals surface area contributed by atoms with Gasteiger partial charge in [0.25, 0.3) is 0 Å². The van der Waals surface area contributed by atoms with Crippen LogP contribution in [0.4, 0.5) is 0 Å². The van der Waals surface area contributed by atoms with E-state index in [4.69, 9.17) is 5.73 Å². The molecule has 4 unspecified atom stereocenters. The van der Waals surface area contributed by atoms with Crippen LogP contribution in [0.3, 0.4) is 0 Å². The summed E-state index contributed by atoms with van der Waals surface area (Å²) in [7, 11) is 0. The molecular weight excluding hydrogens is 500 g/mol. The van der Waals surface area contributed by atoms with Crippen LogP contribution in [0.25, 0.3) is 0 Å². The number of H-pyrrole nitrogens is 1. The molecule has 14 heteroatoms. The average Bonchev–Trinajstić information content (AvgIpc) is 3.35. The Balaban J connectivity index is 2.09. The number of benzene rings is 1. The van der Waals surface area contributed by atoms with Crippen molar-refractivity contribution in [3.05, 3.63) is 48.0 Å². The van der Waals surface area contributed by atoms with Gasteiger partial charge >= 0.3 is 11.9 Å². The number of phenols is 1. The molecule has 9 N–H and O–H groups in total. The number of aromatic hydroxyl groups is 1. The number of phenolic OH excluding ortho intramolecular Hbond substituents is 1. The summed E-state index contributed by atoms with van der Waals surface area (Å²) in [5, 5.41) is 35.2. The zero-order chi connectivity index (χ0) is 28.4. The zero-order valence-electron chi connectivity index (χ0n) is 20.9. The van der Waals surface area contributed by atoms with E-state index in [9.17, 15) is 39.3 Å². The molecule has 1 aromatic carbocycles. The first-order valence-electron chi connectivity index (χ1n) is 11.7. The Labute approximate surface area is 218 Å². The maximum absolute atomic E-state index is 13.0. The van der Waals surface area contributed by atoms with Gasteiger partial charge < -0.3 is 42.0 Å². The Morgan fingerprint density at radius 2 is 1.55 bits per heavy atom. The highest BCUT2D eigenvalue weighted by Gasteiger charge is 2.33. The second-order valence-electron chi connectivity index (χ2n) is 9.05. The van der Waals surface area contributed by atoms with Crippen molar-refractivity contribution in [1.29, 1.82) is 0 Å². The molecule has 4 atom stereocenters. The molecule has 38 heavy (non-hydrogen) atoms. The van der Waals surface area contributed by atoms with Crippen molar-refractivity contribution in [2.75, 3.05) is 0 Å². The van der Waals surface area contributed by atoms with Crippen molar-refractivity contribution < 1.29 is 39.3 Å². The van der Waals surface area contributed by atoms with Crippen LogP contribution in [0.2, 0.25) is 0 Å². The van der Waals surface area contributed by atoms with Crippen molar-refractivity contribution in [1.82, 2.24) is 25.9 Å². The molecule has 0 saturated carbocycles. The van der Waals surface area contributed by atoms with Crippen LogP contribution in [0, 0.1) is 5.92 Å². The van der Waals surface area contributed by atoms with E-state index in [0.717, 1.165) is 0 Å². The minimum atomic E-state index is -1.56. The smallest absolute Gasteiger partial charge is 0.326 e. The molecule has 0 aliphatic heterocycles. The van der Waals surface area contributed by atoms with Gasteiger partial charge in [-0.25, -0.2) is 9.78 Å². The van der Waals surface area contributed by atoms with Gasteiger partial charge in [-0.3, -0.25) is 19.2 Å². The highest BCUT2D eigenvalue weighted by molar-refractivity contribution is 5.95. The normalized spacial score (nSPS) is 14.1. The number of aromatic amines is 1. The quantitative estimate of drug-likeness (QED) is 0.146. The molecule has 0 aliphatic rings.